The van der Waals surface area contributed by atoms with Crippen LogP contribution in [0.3, 0.4) is 0 Å². The van der Waals surface area contributed by atoms with Gasteiger partial charge in [-0.3, -0.25) is 14.9 Å². The minimum Gasteiger partial charge on any atom is -0.486 e. The molecule has 0 atom stereocenters. The van der Waals surface area contributed by atoms with Gasteiger partial charge in [0, 0.05) is 18.2 Å². The molecule has 3 aromatic carbocycles. The predicted octanol–water partition coefficient (Wildman–Crippen LogP) is 5.62. The fraction of sp³-hybridized carbons (Fsp3) is 0.214. The van der Waals surface area contributed by atoms with E-state index in [1.54, 1.807) is 37.3 Å². The molecule has 0 radical (unpaired) electrons. The van der Waals surface area contributed by atoms with E-state index in [0.717, 1.165) is 6.42 Å². The number of benzene rings is 3. The molecule has 0 aliphatic carbocycles. The number of rotatable bonds is 6. The van der Waals surface area contributed by atoms with Crippen molar-refractivity contribution in [3.8, 4) is 28.4 Å². The van der Waals surface area contributed by atoms with Crippen molar-refractivity contribution >= 4 is 22.6 Å². The maximum atomic E-state index is 13.6. The summed E-state index contributed by atoms with van der Waals surface area (Å²) in [5.74, 6) is 1.21. The van der Waals surface area contributed by atoms with Gasteiger partial charge in [0.05, 0.1) is 21.4 Å². The smallest absolute Gasteiger partial charge is 0.343 e. The van der Waals surface area contributed by atoms with E-state index >= 15 is 0 Å². The normalized spacial score (nSPS) is 12.4. The Hall–Kier alpha value is -4.66. The Labute approximate surface area is 211 Å². The first-order valence-corrected chi connectivity index (χ1v) is 11.8. The Morgan fingerprint density at radius 1 is 1.03 bits per heavy atom. The molecule has 0 spiro atoms. The Bertz CT molecular complexity index is 1590. The largest absolute Gasteiger partial charge is 0.486 e. The van der Waals surface area contributed by atoms with Crippen LogP contribution >= 0.6 is 0 Å². The molecule has 0 bridgehead atoms. The van der Waals surface area contributed by atoms with Crippen molar-refractivity contribution < 1.29 is 28.3 Å². The van der Waals surface area contributed by atoms with Gasteiger partial charge < -0.3 is 18.6 Å². The van der Waals surface area contributed by atoms with Gasteiger partial charge in [0.25, 0.3) is 5.69 Å². The second kappa shape index (κ2) is 9.77. The molecule has 0 saturated carbocycles. The lowest BCUT2D eigenvalue weighted by Gasteiger charge is -2.19. The number of non-ortho nitro benzene ring substituents is 1. The number of nitro groups is 1. The Morgan fingerprint density at radius 2 is 1.76 bits per heavy atom. The van der Waals surface area contributed by atoms with Gasteiger partial charge in [-0.25, -0.2) is 4.79 Å². The van der Waals surface area contributed by atoms with Crippen LogP contribution in [-0.2, 0) is 6.42 Å². The van der Waals surface area contributed by atoms with Crippen molar-refractivity contribution in [1.82, 2.24) is 0 Å². The number of hydrogen-bond donors (Lipinski definition) is 0. The van der Waals surface area contributed by atoms with Crippen LogP contribution in [0, 0.1) is 17.0 Å². The summed E-state index contributed by atoms with van der Waals surface area (Å²) in [6.45, 7) is 4.59. The maximum Gasteiger partial charge on any atom is 0.343 e. The van der Waals surface area contributed by atoms with Gasteiger partial charge in [0.1, 0.15) is 30.3 Å². The van der Waals surface area contributed by atoms with Gasteiger partial charge in [-0.1, -0.05) is 19.4 Å². The molecular formula is C28H23NO8. The second-order valence-electron chi connectivity index (χ2n) is 8.62. The molecule has 9 heteroatoms. The summed E-state index contributed by atoms with van der Waals surface area (Å²) in [6.07, 6.45) is 1.31. The second-order valence-corrected chi connectivity index (χ2v) is 8.62. The van der Waals surface area contributed by atoms with Crippen LogP contribution in [0.25, 0.3) is 22.1 Å². The minimum atomic E-state index is -0.668. The van der Waals surface area contributed by atoms with Crippen LogP contribution in [0.1, 0.15) is 35.0 Å². The van der Waals surface area contributed by atoms with Crippen molar-refractivity contribution in [2.75, 3.05) is 13.2 Å². The van der Waals surface area contributed by atoms with Gasteiger partial charge in [-0.2, -0.15) is 0 Å². The lowest BCUT2D eigenvalue weighted by Crippen LogP contribution is -2.15. The van der Waals surface area contributed by atoms with Crippen molar-refractivity contribution in [1.29, 1.82) is 0 Å². The van der Waals surface area contributed by atoms with Crippen molar-refractivity contribution in [3.63, 3.8) is 0 Å². The van der Waals surface area contributed by atoms with Crippen molar-refractivity contribution in [3.05, 3.63) is 91.8 Å². The number of fused-ring (bicyclic) bond motifs is 2. The van der Waals surface area contributed by atoms with Crippen LogP contribution in [0.2, 0.25) is 0 Å². The topological polar surface area (TPSA) is 118 Å². The van der Waals surface area contributed by atoms with Crippen LogP contribution in [0.5, 0.6) is 17.2 Å². The molecule has 1 aromatic heterocycles. The number of hydrogen-bond acceptors (Lipinski definition) is 8. The highest BCUT2D eigenvalue weighted by molar-refractivity contribution is 5.92. The van der Waals surface area contributed by atoms with E-state index in [1.165, 1.54) is 24.3 Å². The molecule has 9 nitrogen and oxygen atoms in total. The van der Waals surface area contributed by atoms with E-state index in [-0.39, 0.29) is 28.0 Å². The first-order valence-electron chi connectivity index (χ1n) is 11.8. The third kappa shape index (κ3) is 4.63. The zero-order valence-electron chi connectivity index (χ0n) is 20.2. The molecule has 1 aliphatic rings. The summed E-state index contributed by atoms with van der Waals surface area (Å²) in [7, 11) is 0. The summed E-state index contributed by atoms with van der Waals surface area (Å²) in [6, 6.07) is 13.7. The lowest BCUT2D eigenvalue weighted by molar-refractivity contribution is -0.384. The molecule has 2 heterocycles. The Kier molecular flexibility index (Phi) is 6.35. The van der Waals surface area contributed by atoms with E-state index < -0.39 is 10.9 Å². The van der Waals surface area contributed by atoms with Gasteiger partial charge in [-0.15, -0.1) is 0 Å². The molecule has 4 aromatic rings. The first kappa shape index (κ1) is 24.1. The molecule has 0 fully saturated rings. The summed E-state index contributed by atoms with van der Waals surface area (Å²) >= 11 is 0. The third-order valence-corrected chi connectivity index (χ3v) is 6.12. The number of nitro benzene ring substituents is 1. The number of esters is 1. The van der Waals surface area contributed by atoms with Crippen LogP contribution < -0.4 is 19.6 Å². The molecule has 0 amide bonds. The average molecular weight is 501 g/mol. The Balaban J connectivity index is 1.55. The predicted molar refractivity (Wildman–Crippen MR) is 136 cm³/mol. The highest BCUT2D eigenvalue weighted by Crippen LogP contribution is 2.36. The highest BCUT2D eigenvalue weighted by atomic mass is 16.6. The van der Waals surface area contributed by atoms with Gasteiger partial charge >= 0.3 is 5.97 Å². The maximum absolute atomic E-state index is 13.6. The summed E-state index contributed by atoms with van der Waals surface area (Å²) in [5.41, 5.74) is 1.87. The molecule has 0 N–H and O–H groups in total. The quantitative estimate of drug-likeness (QED) is 0.145. The minimum absolute atomic E-state index is 0.125. The van der Waals surface area contributed by atoms with E-state index in [2.05, 4.69) is 0 Å². The highest BCUT2D eigenvalue weighted by Gasteiger charge is 2.21. The molecule has 0 saturated heterocycles. The van der Waals surface area contributed by atoms with Gasteiger partial charge in [0.15, 0.2) is 11.5 Å². The standard InChI is InChI=1S/C28H23NO8/c1-3-4-18-13-21-24(15-23(18)37-28(31)17-5-8-20(9-6-17)29(32)33)36-16(2)26(27(21)30)19-7-10-22-25(14-19)35-12-11-34-22/h5-10,13-15H,3-4,11-12H2,1-2H3. The van der Waals surface area contributed by atoms with E-state index in [4.69, 9.17) is 18.6 Å². The number of carbonyl (C=O) groups is 1. The molecule has 188 valence electrons. The fourth-order valence-corrected chi connectivity index (χ4v) is 4.35. The number of nitrogens with zero attached hydrogens (tertiary/aromatic N) is 1. The third-order valence-electron chi connectivity index (χ3n) is 6.12. The molecule has 0 unspecified atom stereocenters. The Morgan fingerprint density at radius 3 is 2.46 bits per heavy atom. The lowest BCUT2D eigenvalue weighted by atomic mass is 9.99. The zero-order valence-corrected chi connectivity index (χ0v) is 20.2. The van der Waals surface area contributed by atoms with Crippen molar-refractivity contribution in [2.45, 2.75) is 26.7 Å². The van der Waals surface area contributed by atoms with Crippen LogP contribution in [-0.4, -0.2) is 24.1 Å². The summed E-state index contributed by atoms with van der Waals surface area (Å²) < 4.78 is 22.9. The fourth-order valence-electron chi connectivity index (χ4n) is 4.35. The van der Waals surface area contributed by atoms with Crippen LogP contribution in [0.4, 0.5) is 5.69 Å². The molecule has 37 heavy (non-hydrogen) atoms. The monoisotopic (exact) mass is 501 g/mol. The van der Waals surface area contributed by atoms with Gasteiger partial charge in [0.2, 0.25) is 5.43 Å². The SMILES string of the molecule is CCCc1cc2c(=O)c(-c3ccc4c(c3)OCCO4)c(C)oc2cc1OC(=O)c1ccc([N+](=O)[O-])cc1. The summed E-state index contributed by atoms with van der Waals surface area (Å²) in [4.78, 5) is 36.7. The van der Waals surface area contributed by atoms with Crippen molar-refractivity contribution in [2.24, 2.45) is 0 Å². The molecule has 1 aliphatic heterocycles. The zero-order chi connectivity index (χ0) is 26.1. The van der Waals surface area contributed by atoms with E-state index in [0.29, 0.717) is 59.0 Å². The molecule has 5 rings (SSSR count). The van der Waals surface area contributed by atoms with E-state index in [9.17, 15) is 19.7 Å². The average Bonchev–Trinajstić information content (AvgIpc) is 2.89. The van der Waals surface area contributed by atoms with Crippen LogP contribution in [0.15, 0.2) is 63.8 Å². The first-order chi connectivity index (χ1) is 17.9. The summed E-state index contributed by atoms with van der Waals surface area (Å²) in [5, 5.41) is 11.3. The number of aryl methyl sites for hydroxylation is 2. The van der Waals surface area contributed by atoms with E-state index in [1.807, 2.05) is 6.92 Å². The van der Waals surface area contributed by atoms with Gasteiger partial charge in [-0.05, 0) is 54.8 Å². The number of ether oxygens (including phenoxy) is 3. The number of carbonyl (C=O) groups excluding carboxylic acids is 1. The molecular weight excluding hydrogens is 478 g/mol.